The summed E-state index contributed by atoms with van der Waals surface area (Å²) in [5.74, 6) is 0.236. The number of nitrogens with one attached hydrogen (secondary N) is 1. The number of hydrogen-bond acceptors (Lipinski definition) is 1. The van der Waals surface area contributed by atoms with E-state index in [0.29, 0.717) is 5.92 Å². The summed E-state index contributed by atoms with van der Waals surface area (Å²) >= 11 is 5.72. The highest BCUT2D eigenvalue weighted by Crippen LogP contribution is 2.20. The van der Waals surface area contributed by atoms with Gasteiger partial charge in [0.05, 0.1) is 5.02 Å². The Balaban J connectivity index is 2.65. The first kappa shape index (κ1) is 12.5. The third kappa shape index (κ3) is 3.80. The van der Waals surface area contributed by atoms with Gasteiger partial charge < -0.3 is 5.32 Å². The number of hydrogen-bond donors (Lipinski definition) is 1. The largest absolute Gasteiger partial charge is 0.310 e. The van der Waals surface area contributed by atoms with Gasteiger partial charge in [-0.05, 0) is 37.1 Å². The van der Waals surface area contributed by atoms with Gasteiger partial charge in [0.2, 0.25) is 0 Å². The zero-order valence-corrected chi connectivity index (χ0v) is 10.1. The minimum Gasteiger partial charge on any atom is -0.310 e. The predicted molar refractivity (Wildman–Crippen MR) is 62.7 cm³/mol. The van der Waals surface area contributed by atoms with Crippen LogP contribution in [0.4, 0.5) is 4.39 Å². The number of rotatable bonds is 4. The van der Waals surface area contributed by atoms with Crippen molar-refractivity contribution in [2.45, 2.75) is 26.8 Å². The molecule has 0 aliphatic rings. The molecule has 0 heterocycles. The Morgan fingerprint density at radius 3 is 2.53 bits per heavy atom. The normalized spacial score (nSPS) is 13.2. The first-order chi connectivity index (χ1) is 7.00. The van der Waals surface area contributed by atoms with Crippen molar-refractivity contribution in [3.8, 4) is 0 Å². The fourth-order valence-electron chi connectivity index (χ4n) is 1.31. The van der Waals surface area contributed by atoms with E-state index in [-0.39, 0.29) is 16.9 Å². The summed E-state index contributed by atoms with van der Waals surface area (Å²) in [5, 5.41) is 3.55. The Hall–Kier alpha value is -0.600. The maximum atomic E-state index is 12.9. The second-order valence-corrected chi connectivity index (χ2v) is 4.60. The van der Waals surface area contributed by atoms with E-state index in [2.05, 4.69) is 19.2 Å². The summed E-state index contributed by atoms with van der Waals surface area (Å²) in [6.07, 6.45) is 0. The molecule has 1 atom stereocenters. The molecule has 0 saturated heterocycles. The Bertz CT molecular complexity index is 325. The molecule has 3 heteroatoms. The van der Waals surface area contributed by atoms with E-state index in [1.807, 2.05) is 6.92 Å². The first-order valence-corrected chi connectivity index (χ1v) is 5.57. The highest BCUT2D eigenvalue weighted by molar-refractivity contribution is 6.30. The molecule has 0 saturated carbocycles. The monoisotopic (exact) mass is 229 g/mol. The van der Waals surface area contributed by atoms with Gasteiger partial charge in [-0.3, -0.25) is 0 Å². The van der Waals surface area contributed by atoms with E-state index in [9.17, 15) is 4.39 Å². The molecular weight excluding hydrogens is 213 g/mol. The maximum Gasteiger partial charge on any atom is 0.141 e. The van der Waals surface area contributed by atoms with Crippen molar-refractivity contribution < 1.29 is 4.39 Å². The fraction of sp³-hybridized carbons (Fsp3) is 0.500. The molecule has 0 amide bonds. The third-order valence-corrected chi connectivity index (χ3v) is 2.57. The SMILES string of the molecule is CC(C)CNC(C)c1ccc(F)c(Cl)c1. The molecule has 1 nitrogen and oxygen atoms in total. The van der Waals surface area contributed by atoms with Crippen molar-refractivity contribution in [1.29, 1.82) is 0 Å². The molecule has 1 aromatic rings. The van der Waals surface area contributed by atoms with Crippen LogP contribution in [0.15, 0.2) is 18.2 Å². The van der Waals surface area contributed by atoms with Gasteiger partial charge in [0.25, 0.3) is 0 Å². The molecule has 0 aromatic heterocycles. The summed E-state index contributed by atoms with van der Waals surface area (Å²) in [6, 6.07) is 5.05. The molecule has 0 bridgehead atoms. The van der Waals surface area contributed by atoms with Crippen LogP contribution in [0.25, 0.3) is 0 Å². The molecule has 0 radical (unpaired) electrons. The van der Waals surface area contributed by atoms with Crippen LogP contribution in [-0.4, -0.2) is 6.54 Å². The summed E-state index contributed by atoms with van der Waals surface area (Å²) in [5.41, 5.74) is 1.02. The third-order valence-electron chi connectivity index (χ3n) is 2.28. The number of halogens is 2. The van der Waals surface area contributed by atoms with Gasteiger partial charge in [0.15, 0.2) is 0 Å². The Kier molecular flexibility index (Phi) is 4.55. The molecule has 1 aromatic carbocycles. The lowest BCUT2D eigenvalue weighted by molar-refractivity contribution is 0.495. The fourth-order valence-corrected chi connectivity index (χ4v) is 1.50. The van der Waals surface area contributed by atoms with E-state index >= 15 is 0 Å². The molecule has 84 valence electrons. The van der Waals surface area contributed by atoms with Gasteiger partial charge in [-0.25, -0.2) is 4.39 Å². The topological polar surface area (TPSA) is 12.0 Å². The quantitative estimate of drug-likeness (QED) is 0.829. The first-order valence-electron chi connectivity index (χ1n) is 5.19. The van der Waals surface area contributed by atoms with Gasteiger partial charge in [-0.2, -0.15) is 0 Å². The Morgan fingerprint density at radius 1 is 1.33 bits per heavy atom. The van der Waals surface area contributed by atoms with Crippen molar-refractivity contribution in [1.82, 2.24) is 5.32 Å². The van der Waals surface area contributed by atoms with Gasteiger partial charge >= 0.3 is 0 Å². The zero-order valence-electron chi connectivity index (χ0n) is 9.35. The molecule has 1 rings (SSSR count). The van der Waals surface area contributed by atoms with Crippen LogP contribution in [0, 0.1) is 11.7 Å². The van der Waals surface area contributed by atoms with E-state index < -0.39 is 0 Å². The summed E-state index contributed by atoms with van der Waals surface area (Å²) in [4.78, 5) is 0. The minimum atomic E-state index is -0.364. The van der Waals surface area contributed by atoms with Crippen LogP contribution < -0.4 is 5.32 Å². The predicted octanol–water partition coefficient (Wildman–Crippen LogP) is 3.79. The molecule has 0 spiro atoms. The van der Waals surface area contributed by atoms with E-state index in [1.165, 1.54) is 6.07 Å². The Morgan fingerprint density at radius 2 is 2.00 bits per heavy atom. The lowest BCUT2D eigenvalue weighted by atomic mass is 10.1. The maximum absolute atomic E-state index is 12.9. The second-order valence-electron chi connectivity index (χ2n) is 4.20. The van der Waals surface area contributed by atoms with Crippen LogP contribution in [0.3, 0.4) is 0 Å². The van der Waals surface area contributed by atoms with Crippen LogP contribution >= 0.6 is 11.6 Å². The second kappa shape index (κ2) is 5.47. The average molecular weight is 230 g/mol. The molecular formula is C12H17ClFN. The lowest BCUT2D eigenvalue weighted by Gasteiger charge is -2.16. The van der Waals surface area contributed by atoms with Crippen molar-refractivity contribution >= 4 is 11.6 Å². The van der Waals surface area contributed by atoms with Crippen molar-refractivity contribution in [3.05, 3.63) is 34.6 Å². The highest BCUT2D eigenvalue weighted by atomic mass is 35.5. The van der Waals surface area contributed by atoms with Crippen LogP contribution in [0.1, 0.15) is 32.4 Å². The van der Waals surface area contributed by atoms with E-state index in [1.54, 1.807) is 12.1 Å². The smallest absolute Gasteiger partial charge is 0.141 e. The van der Waals surface area contributed by atoms with E-state index in [0.717, 1.165) is 12.1 Å². The zero-order chi connectivity index (χ0) is 11.4. The van der Waals surface area contributed by atoms with Gasteiger partial charge in [-0.1, -0.05) is 31.5 Å². The summed E-state index contributed by atoms with van der Waals surface area (Å²) in [7, 11) is 0. The van der Waals surface area contributed by atoms with Crippen molar-refractivity contribution in [3.63, 3.8) is 0 Å². The van der Waals surface area contributed by atoms with Crippen LogP contribution in [-0.2, 0) is 0 Å². The molecule has 0 fully saturated rings. The van der Waals surface area contributed by atoms with E-state index in [4.69, 9.17) is 11.6 Å². The summed E-state index contributed by atoms with van der Waals surface area (Å²) < 4.78 is 12.9. The van der Waals surface area contributed by atoms with Crippen LogP contribution in [0.5, 0.6) is 0 Å². The average Bonchev–Trinajstić information content (AvgIpc) is 2.18. The van der Waals surface area contributed by atoms with Crippen molar-refractivity contribution in [2.24, 2.45) is 5.92 Å². The number of benzene rings is 1. The minimum absolute atomic E-state index is 0.186. The van der Waals surface area contributed by atoms with Crippen molar-refractivity contribution in [2.75, 3.05) is 6.54 Å². The van der Waals surface area contributed by atoms with Gasteiger partial charge in [0, 0.05) is 6.04 Å². The van der Waals surface area contributed by atoms with Gasteiger partial charge in [-0.15, -0.1) is 0 Å². The lowest BCUT2D eigenvalue weighted by Crippen LogP contribution is -2.23. The standard InChI is InChI=1S/C12H17ClFN/c1-8(2)7-15-9(3)10-4-5-12(14)11(13)6-10/h4-6,8-9,15H,7H2,1-3H3. The highest BCUT2D eigenvalue weighted by Gasteiger charge is 2.08. The molecule has 0 aliphatic heterocycles. The molecule has 0 aliphatic carbocycles. The molecule has 15 heavy (non-hydrogen) atoms. The molecule has 1 N–H and O–H groups in total. The Labute approximate surface area is 95.6 Å². The summed E-state index contributed by atoms with van der Waals surface area (Å²) in [6.45, 7) is 7.29. The van der Waals surface area contributed by atoms with Crippen LogP contribution in [0.2, 0.25) is 5.02 Å². The van der Waals surface area contributed by atoms with Gasteiger partial charge in [0.1, 0.15) is 5.82 Å². The molecule has 1 unspecified atom stereocenters.